The molecule has 1 nitrogen and oxygen atoms in total. The number of hydrogen-bond donors (Lipinski definition) is 1. The quantitative estimate of drug-likeness (QED) is 0.846. The molecule has 3 heteroatoms. The van der Waals surface area contributed by atoms with Crippen LogP contribution in [-0.2, 0) is 6.42 Å². The Labute approximate surface area is 123 Å². The van der Waals surface area contributed by atoms with E-state index in [1.165, 1.54) is 51.0 Å². The van der Waals surface area contributed by atoms with Crippen LogP contribution in [0, 0.1) is 11.2 Å². The van der Waals surface area contributed by atoms with Gasteiger partial charge in [-0.2, -0.15) is 0 Å². The van der Waals surface area contributed by atoms with Crippen LogP contribution in [0.4, 0.5) is 4.39 Å². The smallest absolute Gasteiger partial charge is 0.123 e. The Balaban J connectivity index is 2.18. The summed E-state index contributed by atoms with van der Waals surface area (Å²) in [5, 5.41) is 0. The third-order valence-corrected chi connectivity index (χ3v) is 5.19. The van der Waals surface area contributed by atoms with Crippen molar-refractivity contribution in [3.8, 4) is 0 Å². The first-order valence-corrected chi connectivity index (χ1v) is 8.09. The maximum absolute atomic E-state index is 13.4. The Bertz CT molecular complexity index is 411. The van der Waals surface area contributed by atoms with Crippen LogP contribution >= 0.6 is 15.9 Å². The lowest BCUT2D eigenvalue weighted by Crippen LogP contribution is -2.33. The summed E-state index contributed by atoms with van der Waals surface area (Å²) in [6.45, 7) is 0.704. The molecule has 0 radical (unpaired) electrons. The minimum Gasteiger partial charge on any atom is -0.330 e. The Morgan fingerprint density at radius 3 is 2.37 bits per heavy atom. The SMILES string of the molecule is NCC1(Cc2cc(F)ccc2Br)CCCCCCC1. The molecular weight excluding hydrogens is 305 g/mol. The van der Waals surface area contributed by atoms with E-state index in [0.29, 0.717) is 6.54 Å². The van der Waals surface area contributed by atoms with Crippen LogP contribution in [0.1, 0.15) is 50.5 Å². The lowest BCUT2D eigenvalue weighted by Gasteiger charge is -2.35. The first kappa shape index (κ1) is 15.0. The highest BCUT2D eigenvalue weighted by Crippen LogP contribution is 2.38. The Morgan fingerprint density at radius 1 is 1.11 bits per heavy atom. The zero-order chi connectivity index (χ0) is 13.7. The van der Waals surface area contributed by atoms with Gasteiger partial charge in [-0.3, -0.25) is 0 Å². The van der Waals surface area contributed by atoms with Crippen LogP contribution in [0.15, 0.2) is 22.7 Å². The zero-order valence-corrected chi connectivity index (χ0v) is 13.0. The van der Waals surface area contributed by atoms with Crippen molar-refractivity contribution in [2.75, 3.05) is 6.54 Å². The second kappa shape index (κ2) is 6.85. The van der Waals surface area contributed by atoms with Crippen molar-refractivity contribution in [1.82, 2.24) is 0 Å². The van der Waals surface area contributed by atoms with E-state index in [1.54, 1.807) is 12.1 Å². The second-order valence-electron chi connectivity index (χ2n) is 5.88. The van der Waals surface area contributed by atoms with E-state index >= 15 is 0 Å². The fourth-order valence-electron chi connectivity index (χ4n) is 3.19. The fraction of sp³-hybridized carbons (Fsp3) is 0.625. The van der Waals surface area contributed by atoms with E-state index in [1.807, 2.05) is 0 Å². The topological polar surface area (TPSA) is 26.0 Å². The average molecular weight is 328 g/mol. The first-order chi connectivity index (χ1) is 9.15. The molecule has 0 aromatic heterocycles. The van der Waals surface area contributed by atoms with E-state index in [2.05, 4.69) is 15.9 Å². The molecule has 0 saturated heterocycles. The number of halogens is 2. The molecule has 0 atom stereocenters. The summed E-state index contributed by atoms with van der Waals surface area (Å²) in [6, 6.07) is 4.96. The molecule has 0 unspecified atom stereocenters. The molecule has 19 heavy (non-hydrogen) atoms. The van der Waals surface area contributed by atoms with Crippen molar-refractivity contribution in [2.45, 2.75) is 51.4 Å². The lowest BCUT2D eigenvalue weighted by molar-refractivity contribution is 0.216. The minimum absolute atomic E-state index is 0.156. The Morgan fingerprint density at radius 2 is 1.74 bits per heavy atom. The van der Waals surface area contributed by atoms with Gasteiger partial charge in [0.1, 0.15) is 5.82 Å². The second-order valence-corrected chi connectivity index (χ2v) is 6.74. The van der Waals surface area contributed by atoms with Gasteiger partial charge in [0.15, 0.2) is 0 Å². The molecule has 1 saturated carbocycles. The molecule has 1 aromatic carbocycles. The molecule has 0 amide bonds. The van der Waals surface area contributed by atoms with E-state index in [4.69, 9.17) is 5.73 Å². The Kier molecular flexibility index (Phi) is 5.40. The van der Waals surface area contributed by atoms with Gasteiger partial charge >= 0.3 is 0 Å². The molecule has 1 aliphatic carbocycles. The van der Waals surface area contributed by atoms with Crippen molar-refractivity contribution in [3.63, 3.8) is 0 Å². The van der Waals surface area contributed by atoms with E-state index < -0.39 is 0 Å². The molecule has 0 heterocycles. The predicted molar refractivity (Wildman–Crippen MR) is 81.6 cm³/mol. The van der Waals surface area contributed by atoms with Crippen LogP contribution in [-0.4, -0.2) is 6.54 Å². The lowest BCUT2D eigenvalue weighted by atomic mass is 9.72. The molecule has 2 rings (SSSR count). The predicted octanol–water partition coefficient (Wildman–Crippen LogP) is 4.82. The van der Waals surface area contributed by atoms with Gasteiger partial charge in [-0.05, 0) is 55.0 Å². The zero-order valence-electron chi connectivity index (χ0n) is 11.4. The van der Waals surface area contributed by atoms with Gasteiger partial charge in [-0.15, -0.1) is 0 Å². The molecule has 1 aliphatic rings. The third-order valence-electron chi connectivity index (χ3n) is 4.42. The van der Waals surface area contributed by atoms with Gasteiger partial charge < -0.3 is 5.73 Å². The molecule has 0 bridgehead atoms. The van der Waals surface area contributed by atoms with Crippen LogP contribution in [0.25, 0.3) is 0 Å². The van der Waals surface area contributed by atoms with Crippen molar-refractivity contribution >= 4 is 15.9 Å². The largest absolute Gasteiger partial charge is 0.330 e. The van der Waals surface area contributed by atoms with Gasteiger partial charge in [-0.25, -0.2) is 4.39 Å². The normalized spacial score (nSPS) is 19.7. The summed E-state index contributed by atoms with van der Waals surface area (Å²) in [5.74, 6) is -0.156. The number of rotatable bonds is 3. The molecular formula is C16H23BrFN. The average Bonchev–Trinajstić information content (AvgIpc) is 2.37. The molecule has 2 N–H and O–H groups in total. The van der Waals surface area contributed by atoms with E-state index in [0.717, 1.165) is 16.5 Å². The van der Waals surface area contributed by atoms with Gasteiger partial charge in [0.05, 0.1) is 0 Å². The van der Waals surface area contributed by atoms with Gasteiger partial charge in [0, 0.05) is 4.47 Å². The summed E-state index contributed by atoms with van der Waals surface area (Å²) in [6.07, 6.45) is 9.72. The summed E-state index contributed by atoms with van der Waals surface area (Å²) in [5.41, 5.74) is 7.31. The van der Waals surface area contributed by atoms with Crippen molar-refractivity contribution < 1.29 is 4.39 Å². The van der Waals surface area contributed by atoms with Crippen LogP contribution in [0.5, 0.6) is 0 Å². The highest BCUT2D eigenvalue weighted by Gasteiger charge is 2.29. The molecule has 106 valence electrons. The van der Waals surface area contributed by atoms with Crippen molar-refractivity contribution in [3.05, 3.63) is 34.1 Å². The summed E-state index contributed by atoms with van der Waals surface area (Å²) in [4.78, 5) is 0. The number of benzene rings is 1. The van der Waals surface area contributed by atoms with Gasteiger partial charge in [0.25, 0.3) is 0 Å². The van der Waals surface area contributed by atoms with Gasteiger partial charge in [-0.1, -0.05) is 48.0 Å². The monoisotopic (exact) mass is 327 g/mol. The minimum atomic E-state index is -0.156. The Hall–Kier alpha value is -0.410. The summed E-state index contributed by atoms with van der Waals surface area (Å²) < 4.78 is 14.4. The van der Waals surface area contributed by atoms with Crippen molar-refractivity contribution in [2.24, 2.45) is 11.1 Å². The van der Waals surface area contributed by atoms with Crippen LogP contribution < -0.4 is 5.73 Å². The molecule has 1 aromatic rings. The highest BCUT2D eigenvalue weighted by atomic mass is 79.9. The summed E-state index contributed by atoms with van der Waals surface area (Å²) in [7, 11) is 0. The highest BCUT2D eigenvalue weighted by molar-refractivity contribution is 9.10. The maximum Gasteiger partial charge on any atom is 0.123 e. The van der Waals surface area contributed by atoms with Crippen molar-refractivity contribution in [1.29, 1.82) is 0 Å². The van der Waals surface area contributed by atoms with Gasteiger partial charge in [0.2, 0.25) is 0 Å². The molecule has 0 spiro atoms. The molecule has 1 fully saturated rings. The fourth-order valence-corrected chi connectivity index (χ4v) is 3.58. The van der Waals surface area contributed by atoms with E-state index in [9.17, 15) is 4.39 Å². The number of hydrogen-bond acceptors (Lipinski definition) is 1. The van der Waals surface area contributed by atoms with Crippen LogP contribution in [0.3, 0.4) is 0 Å². The van der Waals surface area contributed by atoms with Crippen LogP contribution in [0.2, 0.25) is 0 Å². The standard InChI is InChI=1S/C16H23BrFN/c17-15-7-6-14(18)10-13(15)11-16(12-19)8-4-2-1-3-5-9-16/h6-7,10H,1-5,8-9,11-12,19H2. The first-order valence-electron chi connectivity index (χ1n) is 7.29. The number of nitrogens with two attached hydrogens (primary N) is 1. The summed E-state index contributed by atoms with van der Waals surface area (Å²) >= 11 is 3.54. The molecule has 0 aliphatic heterocycles. The third kappa shape index (κ3) is 4.03. The van der Waals surface area contributed by atoms with E-state index in [-0.39, 0.29) is 11.2 Å². The maximum atomic E-state index is 13.4.